The smallest absolute Gasteiger partial charge is 0.232 e. The van der Waals surface area contributed by atoms with Crippen LogP contribution in [-0.2, 0) is 6.54 Å². The van der Waals surface area contributed by atoms with Crippen molar-refractivity contribution in [2.24, 2.45) is 0 Å². The molecule has 1 heterocycles. The predicted molar refractivity (Wildman–Crippen MR) is 43.5 cm³/mol. The van der Waals surface area contributed by atoms with E-state index in [1.165, 1.54) is 0 Å². The molecular formula is C8H12N3+. The van der Waals surface area contributed by atoms with E-state index in [9.17, 15) is 0 Å². The molecule has 1 aromatic heterocycles. The quantitative estimate of drug-likeness (QED) is 0.439. The maximum absolute atomic E-state index is 5.46. The summed E-state index contributed by atoms with van der Waals surface area (Å²) in [7, 11) is 0. The van der Waals surface area contributed by atoms with Crippen molar-refractivity contribution >= 4 is 5.82 Å². The van der Waals surface area contributed by atoms with E-state index in [-0.39, 0.29) is 0 Å². The largest absolute Gasteiger partial charge is 0.381 e. The Kier molecular flexibility index (Phi) is 2.56. The SMILES string of the molecule is CCC#CC[n+]1ccc(N)[nH]1. The number of hydrogen-bond acceptors (Lipinski definition) is 1. The summed E-state index contributed by atoms with van der Waals surface area (Å²) in [6, 6.07) is 1.81. The second-order valence-electron chi connectivity index (χ2n) is 2.22. The Balaban J connectivity index is 2.51. The Hall–Kier alpha value is -1.43. The molecule has 0 amide bonds. The molecule has 0 aromatic carbocycles. The number of nitrogens with two attached hydrogens (primary N) is 1. The van der Waals surface area contributed by atoms with Gasteiger partial charge in [-0.3, -0.25) is 0 Å². The van der Waals surface area contributed by atoms with Gasteiger partial charge in [0.2, 0.25) is 6.54 Å². The van der Waals surface area contributed by atoms with Gasteiger partial charge in [-0.15, -0.1) is 9.78 Å². The number of H-pyrrole nitrogens is 1. The molecule has 3 heteroatoms. The van der Waals surface area contributed by atoms with Crippen molar-refractivity contribution in [2.45, 2.75) is 19.9 Å². The van der Waals surface area contributed by atoms with Gasteiger partial charge in [0, 0.05) is 12.5 Å². The molecule has 0 saturated heterocycles. The Morgan fingerprint density at radius 2 is 2.45 bits per heavy atom. The van der Waals surface area contributed by atoms with E-state index in [0.717, 1.165) is 6.42 Å². The van der Waals surface area contributed by atoms with E-state index in [4.69, 9.17) is 5.73 Å². The highest BCUT2D eigenvalue weighted by molar-refractivity contribution is 5.20. The number of nitrogens with zero attached hydrogens (tertiary/aromatic N) is 1. The number of anilines is 1. The summed E-state index contributed by atoms with van der Waals surface area (Å²) in [5.41, 5.74) is 5.46. The van der Waals surface area contributed by atoms with Gasteiger partial charge in [0.1, 0.15) is 0 Å². The lowest BCUT2D eigenvalue weighted by atomic mass is 10.5. The molecule has 0 spiro atoms. The van der Waals surface area contributed by atoms with Gasteiger partial charge in [0.25, 0.3) is 0 Å². The summed E-state index contributed by atoms with van der Waals surface area (Å²) in [6.45, 7) is 2.71. The van der Waals surface area contributed by atoms with Gasteiger partial charge in [-0.25, -0.2) is 0 Å². The van der Waals surface area contributed by atoms with E-state index >= 15 is 0 Å². The van der Waals surface area contributed by atoms with Crippen molar-refractivity contribution < 1.29 is 4.68 Å². The van der Waals surface area contributed by atoms with Gasteiger partial charge in [0.05, 0.1) is 0 Å². The van der Waals surface area contributed by atoms with E-state index in [0.29, 0.717) is 12.4 Å². The average Bonchev–Trinajstić information content (AvgIpc) is 2.37. The molecule has 0 saturated carbocycles. The number of aromatic nitrogens is 2. The van der Waals surface area contributed by atoms with E-state index in [2.05, 4.69) is 16.9 Å². The fourth-order valence-corrected chi connectivity index (χ4v) is 0.769. The molecule has 0 aliphatic rings. The Morgan fingerprint density at radius 1 is 1.64 bits per heavy atom. The van der Waals surface area contributed by atoms with Crippen LogP contribution in [-0.4, -0.2) is 5.10 Å². The zero-order valence-corrected chi connectivity index (χ0v) is 6.59. The highest BCUT2D eigenvalue weighted by Crippen LogP contribution is 1.86. The maximum Gasteiger partial charge on any atom is 0.232 e. The summed E-state index contributed by atoms with van der Waals surface area (Å²) in [5, 5.41) is 2.93. The van der Waals surface area contributed by atoms with Crippen molar-refractivity contribution in [3.05, 3.63) is 12.3 Å². The molecule has 0 bridgehead atoms. The van der Waals surface area contributed by atoms with Crippen molar-refractivity contribution in [1.82, 2.24) is 5.10 Å². The molecule has 1 aromatic rings. The highest BCUT2D eigenvalue weighted by Gasteiger charge is 1.97. The zero-order chi connectivity index (χ0) is 8.10. The Morgan fingerprint density at radius 3 is 3.00 bits per heavy atom. The van der Waals surface area contributed by atoms with Crippen LogP contribution in [0.3, 0.4) is 0 Å². The minimum Gasteiger partial charge on any atom is -0.381 e. The standard InChI is InChI=1S/C8H11N3/c1-2-3-4-6-11-7-5-8(9)10-11/h5,7H,2,6H2,1H3,(H2,9,10)/p+1. The first-order chi connectivity index (χ1) is 5.33. The minimum atomic E-state index is 0.670. The van der Waals surface area contributed by atoms with Crippen LogP contribution in [0.15, 0.2) is 12.3 Å². The third-order valence-electron chi connectivity index (χ3n) is 1.26. The van der Waals surface area contributed by atoms with Gasteiger partial charge in [-0.2, -0.15) is 0 Å². The van der Waals surface area contributed by atoms with Crippen LogP contribution in [0, 0.1) is 11.8 Å². The first-order valence-corrected chi connectivity index (χ1v) is 3.62. The average molecular weight is 150 g/mol. The van der Waals surface area contributed by atoms with Gasteiger partial charge in [-0.05, 0) is 5.92 Å². The van der Waals surface area contributed by atoms with Crippen LogP contribution in [0.1, 0.15) is 13.3 Å². The number of nitrogens with one attached hydrogen (secondary N) is 1. The first kappa shape index (κ1) is 7.67. The fraction of sp³-hybridized carbons (Fsp3) is 0.375. The maximum atomic E-state index is 5.46. The van der Waals surface area contributed by atoms with Gasteiger partial charge < -0.3 is 5.73 Å². The number of hydrogen-bond donors (Lipinski definition) is 2. The lowest BCUT2D eigenvalue weighted by Crippen LogP contribution is -2.34. The van der Waals surface area contributed by atoms with Gasteiger partial charge in [-0.1, -0.05) is 12.8 Å². The third kappa shape index (κ3) is 2.34. The molecule has 0 aliphatic carbocycles. The normalized spacial score (nSPS) is 8.82. The molecule has 58 valence electrons. The third-order valence-corrected chi connectivity index (χ3v) is 1.26. The van der Waals surface area contributed by atoms with Crippen LogP contribution < -0.4 is 10.4 Å². The minimum absolute atomic E-state index is 0.670. The number of aromatic amines is 1. The van der Waals surface area contributed by atoms with Crippen molar-refractivity contribution in [3.63, 3.8) is 0 Å². The van der Waals surface area contributed by atoms with Crippen molar-refractivity contribution in [3.8, 4) is 11.8 Å². The molecular weight excluding hydrogens is 138 g/mol. The van der Waals surface area contributed by atoms with Crippen molar-refractivity contribution in [1.29, 1.82) is 0 Å². The summed E-state index contributed by atoms with van der Waals surface area (Å²) < 4.78 is 1.85. The molecule has 0 radical (unpaired) electrons. The number of rotatable bonds is 1. The summed E-state index contributed by atoms with van der Waals surface area (Å²) >= 11 is 0. The molecule has 11 heavy (non-hydrogen) atoms. The molecule has 0 unspecified atom stereocenters. The summed E-state index contributed by atoms with van der Waals surface area (Å²) in [6.07, 6.45) is 2.77. The van der Waals surface area contributed by atoms with Crippen LogP contribution in [0.4, 0.5) is 5.82 Å². The molecule has 0 fully saturated rings. The number of nitrogen functional groups attached to an aromatic ring is 1. The molecule has 0 atom stereocenters. The molecule has 0 aliphatic heterocycles. The van der Waals surface area contributed by atoms with E-state index in [1.54, 1.807) is 0 Å². The van der Waals surface area contributed by atoms with Crippen LogP contribution >= 0.6 is 0 Å². The topological polar surface area (TPSA) is 45.7 Å². The first-order valence-electron chi connectivity index (χ1n) is 3.62. The van der Waals surface area contributed by atoms with E-state index < -0.39 is 0 Å². The van der Waals surface area contributed by atoms with E-state index in [1.807, 2.05) is 23.9 Å². The lowest BCUT2D eigenvalue weighted by Gasteiger charge is -1.80. The predicted octanol–water partition coefficient (Wildman–Crippen LogP) is 0.298. The molecule has 1 rings (SSSR count). The van der Waals surface area contributed by atoms with Crippen molar-refractivity contribution in [2.75, 3.05) is 5.73 Å². The van der Waals surface area contributed by atoms with Gasteiger partial charge >= 0.3 is 0 Å². The Labute approximate surface area is 66.2 Å². The van der Waals surface area contributed by atoms with Crippen LogP contribution in [0.5, 0.6) is 0 Å². The monoisotopic (exact) mass is 150 g/mol. The van der Waals surface area contributed by atoms with Gasteiger partial charge in [0.15, 0.2) is 12.0 Å². The lowest BCUT2D eigenvalue weighted by molar-refractivity contribution is -0.738. The van der Waals surface area contributed by atoms with Crippen LogP contribution in [0.2, 0.25) is 0 Å². The highest BCUT2D eigenvalue weighted by atomic mass is 15.3. The van der Waals surface area contributed by atoms with Crippen LogP contribution in [0.25, 0.3) is 0 Å². The zero-order valence-electron chi connectivity index (χ0n) is 6.59. The Bertz CT molecular complexity index is 277. The fourth-order valence-electron chi connectivity index (χ4n) is 0.769. The molecule has 3 nitrogen and oxygen atoms in total. The summed E-state index contributed by atoms with van der Waals surface area (Å²) in [5.74, 6) is 6.63. The summed E-state index contributed by atoms with van der Waals surface area (Å²) in [4.78, 5) is 0. The molecule has 3 N–H and O–H groups in total. The second kappa shape index (κ2) is 3.67. The second-order valence-corrected chi connectivity index (χ2v) is 2.22.